The summed E-state index contributed by atoms with van der Waals surface area (Å²) < 4.78 is 10.1. The highest BCUT2D eigenvalue weighted by molar-refractivity contribution is 6.32. The maximum absolute atomic E-state index is 11.6. The average Bonchev–Trinajstić information content (AvgIpc) is 2.37. The fraction of sp³-hybridized carbons (Fsp3) is 0.417. The molecule has 0 amide bonds. The number of nitrogens with zero attached hydrogens (tertiary/aromatic N) is 1. The third-order valence-electron chi connectivity index (χ3n) is 2.40. The number of hydrogen-bond acceptors (Lipinski definition) is 6. The molecule has 0 spiro atoms. The maximum Gasteiger partial charge on any atom is 0.329 e. The van der Waals surface area contributed by atoms with Gasteiger partial charge in [0, 0.05) is 6.07 Å². The van der Waals surface area contributed by atoms with E-state index in [-0.39, 0.29) is 29.7 Å². The number of nitro groups is 1. The molecule has 1 rings (SSSR count). The lowest BCUT2D eigenvalue weighted by atomic mass is 10.1. The third-order valence-corrected chi connectivity index (χ3v) is 2.70. The third kappa shape index (κ3) is 3.82. The van der Waals surface area contributed by atoms with E-state index in [0.717, 1.165) is 0 Å². The molecule has 1 atom stereocenters. The van der Waals surface area contributed by atoms with Crippen molar-refractivity contribution in [1.82, 2.24) is 0 Å². The number of rotatable bonds is 6. The Labute approximate surface area is 120 Å². The zero-order chi connectivity index (χ0) is 15.3. The van der Waals surface area contributed by atoms with Crippen LogP contribution in [-0.4, -0.2) is 29.6 Å². The summed E-state index contributed by atoms with van der Waals surface area (Å²) >= 11 is 5.86. The highest BCUT2D eigenvalue weighted by atomic mass is 35.5. The zero-order valence-electron chi connectivity index (χ0n) is 11.1. The highest BCUT2D eigenvalue weighted by Gasteiger charge is 2.32. The molecular formula is C12H15ClN2O5. The van der Waals surface area contributed by atoms with Crippen LogP contribution < -0.4 is 10.5 Å². The van der Waals surface area contributed by atoms with Gasteiger partial charge in [0.1, 0.15) is 12.1 Å². The van der Waals surface area contributed by atoms with E-state index in [1.165, 1.54) is 25.1 Å². The number of ether oxygens (including phenoxy) is 2. The molecule has 1 unspecified atom stereocenters. The first-order valence-corrected chi connectivity index (χ1v) is 6.19. The van der Waals surface area contributed by atoms with E-state index < -0.39 is 16.4 Å². The van der Waals surface area contributed by atoms with E-state index in [4.69, 9.17) is 26.8 Å². The average molecular weight is 303 g/mol. The molecule has 8 heteroatoms. The predicted octanol–water partition coefficient (Wildman–Crippen LogP) is 1.91. The maximum atomic E-state index is 11.6. The number of nitrogens with two attached hydrogens (primary N) is 1. The van der Waals surface area contributed by atoms with Crippen LogP contribution in [0.4, 0.5) is 5.69 Å². The van der Waals surface area contributed by atoms with Gasteiger partial charge in [0.05, 0.1) is 16.6 Å². The second-order valence-electron chi connectivity index (χ2n) is 4.27. The summed E-state index contributed by atoms with van der Waals surface area (Å²) in [6.45, 7) is 2.94. The summed E-state index contributed by atoms with van der Waals surface area (Å²) in [5.74, 6) is -0.783. The molecule has 2 N–H and O–H groups in total. The SMILES string of the molecule is CCOC(=O)C(C)(N)COc1c(Cl)cccc1[N+](=O)[O-]. The van der Waals surface area contributed by atoms with Crippen LogP contribution in [-0.2, 0) is 9.53 Å². The van der Waals surface area contributed by atoms with Crippen molar-refractivity contribution in [3.05, 3.63) is 33.3 Å². The quantitative estimate of drug-likeness (QED) is 0.489. The monoisotopic (exact) mass is 302 g/mol. The van der Waals surface area contributed by atoms with E-state index in [9.17, 15) is 14.9 Å². The summed E-state index contributed by atoms with van der Waals surface area (Å²) in [5.41, 5.74) is 4.04. The molecule has 0 aliphatic heterocycles. The van der Waals surface area contributed by atoms with Crippen molar-refractivity contribution in [1.29, 1.82) is 0 Å². The summed E-state index contributed by atoms with van der Waals surface area (Å²) in [4.78, 5) is 21.8. The number of para-hydroxylation sites is 1. The first-order chi connectivity index (χ1) is 9.29. The molecule has 7 nitrogen and oxygen atoms in total. The van der Waals surface area contributed by atoms with Gasteiger partial charge in [-0.1, -0.05) is 17.7 Å². The number of esters is 1. The van der Waals surface area contributed by atoms with Crippen LogP contribution >= 0.6 is 11.6 Å². The van der Waals surface area contributed by atoms with Crippen LogP contribution in [0.3, 0.4) is 0 Å². The van der Waals surface area contributed by atoms with Crippen molar-refractivity contribution < 1.29 is 19.2 Å². The van der Waals surface area contributed by atoms with Crippen LogP contribution in [0.25, 0.3) is 0 Å². The topological polar surface area (TPSA) is 105 Å². The first kappa shape index (κ1) is 16.2. The summed E-state index contributed by atoms with van der Waals surface area (Å²) in [6.07, 6.45) is 0. The number of benzene rings is 1. The standard InChI is InChI=1S/C12H15ClN2O5/c1-3-19-11(16)12(2,14)7-20-10-8(13)5-4-6-9(10)15(17)18/h4-6H,3,7,14H2,1-2H3. The van der Waals surface area contributed by atoms with Gasteiger partial charge in [-0.3, -0.25) is 10.1 Å². The van der Waals surface area contributed by atoms with Gasteiger partial charge in [-0.15, -0.1) is 0 Å². The molecule has 0 saturated carbocycles. The smallest absolute Gasteiger partial charge is 0.329 e. The van der Waals surface area contributed by atoms with Gasteiger partial charge in [-0.25, -0.2) is 4.79 Å². The van der Waals surface area contributed by atoms with Gasteiger partial charge in [0.15, 0.2) is 0 Å². The van der Waals surface area contributed by atoms with Gasteiger partial charge >= 0.3 is 11.7 Å². The fourth-order valence-corrected chi connectivity index (χ4v) is 1.59. The molecule has 0 saturated heterocycles. The van der Waals surface area contributed by atoms with E-state index in [0.29, 0.717) is 0 Å². The van der Waals surface area contributed by atoms with Crippen molar-refractivity contribution in [2.45, 2.75) is 19.4 Å². The Morgan fingerprint density at radius 3 is 2.75 bits per heavy atom. The summed E-state index contributed by atoms with van der Waals surface area (Å²) in [7, 11) is 0. The van der Waals surface area contributed by atoms with Gasteiger partial charge in [0.2, 0.25) is 5.75 Å². The van der Waals surface area contributed by atoms with E-state index in [1.807, 2.05) is 0 Å². The predicted molar refractivity (Wildman–Crippen MR) is 72.8 cm³/mol. The molecule has 1 aromatic carbocycles. The minimum absolute atomic E-state index is 0.0684. The van der Waals surface area contributed by atoms with E-state index in [1.54, 1.807) is 6.92 Å². The normalized spacial score (nSPS) is 13.4. The van der Waals surface area contributed by atoms with E-state index in [2.05, 4.69) is 0 Å². The first-order valence-electron chi connectivity index (χ1n) is 5.81. The zero-order valence-corrected chi connectivity index (χ0v) is 11.8. The molecular weight excluding hydrogens is 288 g/mol. The largest absolute Gasteiger partial charge is 0.483 e. The highest BCUT2D eigenvalue weighted by Crippen LogP contribution is 2.34. The van der Waals surface area contributed by atoms with E-state index >= 15 is 0 Å². The lowest BCUT2D eigenvalue weighted by Crippen LogP contribution is -2.51. The molecule has 110 valence electrons. The Kier molecular flexibility index (Phi) is 5.29. The Balaban J connectivity index is 2.90. The van der Waals surface area contributed by atoms with Gasteiger partial charge in [0.25, 0.3) is 0 Å². The van der Waals surface area contributed by atoms with Crippen molar-refractivity contribution in [3.8, 4) is 5.75 Å². The fourth-order valence-electron chi connectivity index (χ4n) is 1.36. The van der Waals surface area contributed by atoms with Crippen molar-refractivity contribution in [2.24, 2.45) is 5.73 Å². The number of nitro benzene ring substituents is 1. The Morgan fingerprint density at radius 1 is 1.55 bits per heavy atom. The molecule has 0 aromatic heterocycles. The summed E-state index contributed by atoms with van der Waals surface area (Å²) in [6, 6.07) is 4.13. The number of halogens is 1. The molecule has 0 bridgehead atoms. The Hall–Kier alpha value is -1.86. The molecule has 0 fully saturated rings. The minimum atomic E-state index is -1.43. The minimum Gasteiger partial charge on any atom is -0.483 e. The second kappa shape index (κ2) is 6.53. The molecule has 0 aliphatic carbocycles. The number of hydrogen-bond donors (Lipinski definition) is 1. The van der Waals surface area contributed by atoms with Crippen LogP contribution in [0.5, 0.6) is 5.75 Å². The van der Waals surface area contributed by atoms with Gasteiger partial charge < -0.3 is 15.2 Å². The van der Waals surface area contributed by atoms with Gasteiger partial charge in [-0.05, 0) is 19.9 Å². The summed E-state index contributed by atoms with van der Waals surface area (Å²) in [5, 5.41) is 10.9. The molecule has 0 radical (unpaired) electrons. The second-order valence-corrected chi connectivity index (χ2v) is 4.68. The Morgan fingerprint density at radius 2 is 2.20 bits per heavy atom. The van der Waals surface area contributed by atoms with Crippen LogP contribution in [0.1, 0.15) is 13.8 Å². The molecule has 0 heterocycles. The lowest BCUT2D eigenvalue weighted by Gasteiger charge is -2.22. The number of carbonyl (C=O) groups excluding carboxylic acids is 1. The number of carbonyl (C=O) groups is 1. The van der Waals surface area contributed by atoms with Crippen molar-refractivity contribution >= 4 is 23.3 Å². The molecule has 1 aromatic rings. The van der Waals surface area contributed by atoms with Crippen molar-refractivity contribution in [2.75, 3.05) is 13.2 Å². The molecule has 0 aliphatic rings. The van der Waals surface area contributed by atoms with Crippen LogP contribution in [0.2, 0.25) is 5.02 Å². The van der Waals surface area contributed by atoms with Crippen LogP contribution in [0, 0.1) is 10.1 Å². The van der Waals surface area contributed by atoms with Crippen molar-refractivity contribution in [3.63, 3.8) is 0 Å². The van der Waals surface area contributed by atoms with Gasteiger partial charge in [-0.2, -0.15) is 0 Å². The van der Waals surface area contributed by atoms with Crippen LogP contribution in [0.15, 0.2) is 18.2 Å². The molecule has 20 heavy (non-hydrogen) atoms. The lowest BCUT2D eigenvalue weighted by molar-refractivity contribution is -0.385. The Bertz CT molecular complexity index is 519.